The molecule has 0 atom stereocenters. The number of nitrogens with one attached hydrogen (secondary N) is 1. The van der Waals surface area contributed by atoms with Gasteiger partial charge in [0, 0.05) is 6.54 Å². The molecular weight excluding hydrogens is 248 g/mol. The minimum absolute atomic E-state index is 0.0837. The summed E-state index contributed by atoms with van der Waals surface area (Å²) in [6.07, 6.45) is 2.13. The van der Waals surface area contributed by atoms with Crippen molar-refractivity contribution in [3.63, 3.8) is 0 Å². The molecule has 2 rings (SSSR count). The molecule has 0 unspecified atom stereocenters. The third-order valence-corrected chi connectivity index (χ3v) is 4.39. The van der Waals surface area contributed by atoms with Crippen LogP contribution in [-0.4, -0.2) is 44.2 Å². The maximum absolute atomic E-state index is 6.41. The lowest BCUT2D eigenvalue weighted by Crippen LogP contribution is -2.43. The molecule has 0 aromatic heterocycles. The third kappa shape index (κ3) is 3.81. The largest absolute Gasteiger partial charge is 0.369 e. The summed E-state index contributed by atoms with van der Waals surface area (Å²) in [5.41, 5.74) is 1.25. The number of nitrogens with zero attached hydrogens (tertiary/aromatic N) is 1. The third-order valence-electron chi connectivity index (χ3n) is 4.39. The standard InChI is InChI=1S/C17H28N2O/c1-3-19(4-2)14-15-20-17(10-12-18-13-11-17)16-8-6-5-7-9-16/h5-9,18H,3-4,10-15H2,1-2H3. The molecule has 1 heterocycles. The van der Waals surface area contributed by atoms with Gasteiger partial charge in [-0.2, -0.15) is 0 Å². The summed E-state index contributed by atoms with van der Waals surface area (Å²) in [5.74, 6) is 0. The van der Waals surface area contributed by atoms with Crippen molar-refractivity contribution in [1.82, 2.24) is 10.2 Å². The van der Waals surface area contributed by atoms with Crippen LogP contribution in [0.2, 0.25) is 0 Å². The molecule has 0 radical (unpaired) electrons. The number of likely N-dealkylation sites (N-methyl/N-ethyl adjacent to an activating group) is 1. The average Bonchev–Trinajstić information content (AvgIpc) is 2.53. The molecule has 0 bridgehead atoms. The van der Waals surface area contributed by atoms with Crippen LogP contribution in [0.3, 0.4) is 0 Å². The molecule has 1 aliphatic heterocycles. The Bertz CT molecular complexity index is 370. The monoisotopic (exact) mass is 276 g/mol. The van der Waals surface area contributed by atoms with Gasteiger partial charge in [0.25, 0.3) is 0 Å². The zero-order valence-corrected chi connectivity index (χ0v) is 12.9. The van der Waals surface area contributed by atoms with Crippen LogP contribution in [0.25, 0.3) is 0 Å². The highest BCUT2D eigenvalue weighted by Gasteiger charge is 2.34. The molecule has 0 saturated carbocycles. The van der Waals surface area contributed by atoms with Crippen molar-refractivity contribution in [3.8, 4) is 0 Å². The van der Waals surface area contributed by atoms with E-state index in [1.807, 2.05) is 0 Å². The van der Waals surface area contributed by atoms with Gasteiger partial charge in [-0.3, -0.25) is 0 Å². The second kappa shape index (κ2) is 7.77. The van der Waals surface area contributed by atoms with Crippen molar-refractivity contribution in [1.29, 1.82) is 0 Å². The fourth-order valence-electron chi connectivity index (χ4n) is 3.00. The van der Waals surface area contributed by atoms with E-state index in [1.165, 1.54) is 5.56 Å². The fourth-order valence-corrected chi connectivity index (χ4v) is 3.00. The fraction of sp³-hybridized carbons (Fsp3) is 0.647. The molecule has 3 heteroatoms. The van der Waals surface area contributed by atoms with E-state index in [0.29, 0.717) is 0 Å². The van der Waals surface area contributed by atoms with E-state index < -0.39 is 0 Å². The van der Waals surface area contributed by atoms with E-state index in [-0.39, 0.29) is 5.60 Å². The van der Waals surface area contributed by atoms with Crippen molar-refractivity contribution >= 4 is 0 Å². The molecule has 0 spiro atoms. The van der Waals surface area contributed by atoms with Crippen LogP contribution in [0, 0.1) is 0 Å². The summed E-state index contributed by atoms with van der Waals surface area (Å²) in [4.78, 5) is 2.42. The van der Waals surface area contributed by atoms with Gasteiger partial charge < -0.3 is 15.0 Å². The highest BCUT2D eigenvalue weighted by molar-refractivity contribution is 5.23. The Labute approximate surface area is 123 Å². The van der Waals surface area contributed by atoms with Crippen LogP contribution >= 0.6 is 0 Å². The molecule has 1 aliphatic rings. The first kappa shape index (κ1) is 15.5. The molecule has 3 nitrogen and oxygen atoms in total. The Balaban J connectivity index is 2.01. The predicted octanol–water partition coefficient (Wildman–Crippen LogP) is 2.62. The van der Waals surface area contributed by atoms with E-state index in [0.717, 1.165) is 52.2 Å². The van der Waals surface area contributed by atoms with Gasteiger partial charge in [-0.1, -0.05) is 44.2 Å². The summed E-state index contributed by atoms with van der Waals surface area (Å²) in [5, 5.41) is 3.44. The molecule has 112 valence electrons. The van der Waals surface area contributed by atoms with Crippen molar-refractivity contribution < 1.29 is 4.74 Å². The Kier molecular flexibility index (Phi) is 6.02. The lowest BCUT2D eigenvalue weighted by Gasteiger charge is -2.38. The molecule has 1 aromatic carbocycles. The first-order valence-electron chi connectivity index (χ1n) is 7.93. The van der Waals surface area contributed by atoms with Gasteiger partial charge in [0.2, 0.25) is 0 Å². The van der Waals surface area contributed by atoms with E-state index in [1.54, 1.807) is 0 Å². The van der Waals surface area contributed by atoms with Crippen molar-refractivity contribution in [2.24, 2.45) is 0 Å². The summed E-state index contributed by atoms with van der Waals surface area (Å²) < 4.78 is 6.41. The molecule has 1 N–H and O–H groups in total. The number of benzene rings is 1. The number of hydrogen-bond acceptors (Lipinski definition) is 3. The first-order valence-corrected chi connectivity index (χ1v) is 7.93. The van der Waals surface area contributed by atoms with Gasteiger partial charge >= 0.3 is 0 Å². The van der Waals surface area contributed by atoms with E-state index >= 15 is 0 Å². The van der Waals surface area contributed by atoms with E-state index in [9.17, 15) is 0 Å². The zero-order valence-electron chi connectivity index (χ0n) is 12.9. The van der Waals surface area contributed by atoms with Gasteiger partial charge in [0.1, 0.15) is 0 Å². The number of rotatable bonds is 7. The predicted molar refractivity (Wildman–Crippen MR) is 84.0 cm³/mol. The molecule has 1 aromatic rings. The minimum Gasteiger partial charge on any atom is -0.369 e. The Morgan fingerprint density at radius 1 is 1.10 bits per heavy atom. The van der Waals surface area contributed by atoms with Crippen LogP contribution in [0.15, 0.2) is 30.3 Å². The summed E-state index contributed by atoms with van der Waals surface area (Å²) in [7, 11) is 0. The van der Waals surface area contributed by atoms with Crippen molar-refractivity contribution in [2.45, 2.75) is 32.3 Å². The smallest absolute Gasteiger partial charge is 0.0956 e. The maximum atomic E-state index is 6.41. The van der Waals surface area contributed by atoms with Gasteiger partial charge in [-0.25, -0.2) is 0 Å². The summed E-state index contributed by atoms with van der Waals surface area (Å²) in [6, 6.07) is 10.7. The second-order valence-electron chi connectivity index (χ2n) is 5.49. The SMILES string of the molecule is CCN(CC)CCOC1(c2ccccc2)CCNCC1. The quantitative estimate of drug-likeness (QED) is 0.828. The normalized spacial score (nSPS) is 18.4. The molecule has 1 fully saturated rings. The van der Waals surface area contributed by atoms with Gasteiger partial charge in [0.05, 0.1) is 12.2 Å². The van der Waals surface area contributed by atoms with Crippen LogP contribution in [-0.2, 0) is 10.3 Å². The van der Waals surface area contributed by atoms with Crippen LogP contribution in [0.5, 0.6) is 0 Å². The highest BCUT2D eigenvalue weighted by atomic mass is 16.5. The summed E-state index contributed by atoms with van der Waals surface area (Å²) in [6.45, 7) is 10.5. The summed E-state index contributed by atoms with van der Waals surface area (Å²) >= 11 is 0. The zero-order chi connectivity index (χ0) is 14.3. The lowest BCUT2D eigenvalue weighted by atomic mass is 9.85. The van der Waals surface area contributed by atoms with Gasteiger partial charge in [-0.05, 0) is 44.6 Å². The molecule has 1 saturated heterocycles. The van der Waals surface area contributed by atoms with Gasteiger partial charge in [-0.15, -0.1) is 0 Å². The van der Waals surface area contributed by atoms with Crippen LogP contribution < -0.4 is 5.32 Å². The van der Waals surface area contributed by atoms with Crippen LogP contribution in [0.4, 0.5) is 0 Å². The molecule has 20 heavy (non-hydrogen) atoms. The van der Waals surface area contributed by atoms with Crippen LogP contribution in [0.1, 0.15) is 32.3 Å². The first-order chi connectivity index (χ1) is 9.80. The van der Waals surface area contributed by atoms with E-state index in [2.05, 4.69) is 54.4 Å². The molecule has 0 amide bonds. The second-order valence-corrected chi connectivity index (χ2v) is 5.49. The Hall–Kier alpha value is -0.900. The Morgan fingerprint density at radius 3 is 2.35 bits per heavy atom. The van der Waals surface area contributed by atoms with E-state index in [4.69, 9.17) is 4.74 Å². The number of ether oxygens (including phenoxy) is 1. The minimum atomic E-state index is -0.0837. The molecular formula is C17H28N2O. The maximum Gasteiger partial charge on any atom is 0.0956 e. The lowest BCUT2D eigenvalue weighted by molar-refractivity contribution is -0.0765. The Morgan fingerprint density at radius 2 is 1.75 bits per heavy atom. The number of hydrogen-bond donors (Lipinski definition) is 1. The number of piperidine rings is 1. The van der Waals surface area contributed by atoms with Crippen molar-refractivity contribution in [2.75, 3.05) is 39.3 Å². The topological polar surface area (TPSA) is 24.5 Å². The highest BCUT2D eigenvalue weighted by Crippen LogP contribution is 2.34. The molecule has 0 aliphatic carbocycles. The van der Waals surface area contributed by atoms with Gasteiger partial charge in [0.15, 0.2) is 0 Å². The average molecular weight is 276 g/mol. The van der Waals surface area contributed by atoms with Crippen molar-refractivity contribution in [3.05, 3.63) is 35.9 Å².